The van der Waals surface area contributed by atoms with Gasteiger partial charge in [-0.25, -0.2) is 4.68 Å². The molecule has 0 aliphatic carbocycles. The number of nitrogens with zero attached hydrogens (tertiary/aromatic N) is 4. The normalized spacial score (nSPS) is 11.1. The van der Waals surface area contributed by atoms with E-state index in [2.05, 4.69) is 15.3 Å². The Morgan fingerprint density at radius 2 is 1.60 bits per heavy atom. The molecule has 0 aliphatic rings. The van der Waals surface area contributed by atoms with Crippen LogP contribution in [0.5, 0.6) is 0 Å². The Labute approximate surface area is 171 Å². The molecule has 0 fully saturated rings. The molecule has 0 spiro atoms. The van der Waals surface area contributed by atoms with Crippen molar-refractivity contribution in [3.05, 3.63) is 105 Å². The van der Waals surface area contributed by atoms with E-state index in [4.69, 9.17) is 0 Å². The lowest BCUT2D eigenvalue weighted by atomic mass is 10.1. The first-order valence-corrected chi connectivity index (χ1v) is 9.17. The number of rotatable bonds is 5. The van der Waals surface area contributed by atoms with Crippen LogP contribution in [0.25, 0.3) is 16.9 Å². The van der Waals surface area contributed by atoms with Crippen molar-refractivity contribution in [3.63, 3.8) is 0 Å². The minimum Gasteiger partial charge on any atom is -0.288 e. The summed E-state index contributed by atoms with van der Waals surface area (Å²) in [5.74, 6) is 0. The van der Waals surface area contributed by atoms with Crippen LogP contribution in [0.2, 0.25) is 0 Å². The lowest BCUT2D eigenvalue weighted by molar-refractivity contribution is -0.385. The number of aromatic amines is 1. The highest BCUT2D eigenvalue weighted by Gasteiger charge is 2.17. The second-order valence-electron chi connectivity index (χ2n) is 6.61. The van der Waals surface area contributed by atoms with Crippen molar-refractivity contribution in [3.8, 4) is 16.9 Å². The zero-order valence-electron chi connectivity index (χ0n) is 16.0. The van der Waals surface area contributed by atoms with Gasteiger partial charge in [0, 0.05) is 17.2 Å². The molecular formula is C22H17N5O3. The van der Waals surface area contributed by atoms with Crippen LogP contribution in [0.1, 0.15) is 5.56 Å². The van der Waals surface area contributed by atoms with Crippen LogP contribution >= 0.6 is 0 Å². The van der Waals surface area contributed by atoms with Gasteiger partial charge in [-0.2, -0.15) is 5.11 Å². The number of aromatic nitrogens is 2. The second-order valence-corrected chi connectivity index (χ2v) is 6.61. The van der Waals surface area contributed by atoms with Crippen LogP contribution < -0.4 is 5.56 Å². The molecule has 4 aromatic rings. The summed E-state index contributed by atoms with van der Waals surface area (Å²) in [5.41, 5.74) is 2.45. The van der Waals surface area contributed by atoms with E-state index in [1.165, 1.54) is 10.7 Å². The minimum atomic E-state index is -0.470. The van der Waals surface area contributed by atoms with Gasteiger partial charge in [0.1, 0.15) is 0 Å². The number of hydrogen-bond acceptors (Lipinski definition) is 5. The fraction of sp³-hybridized carbons (Fsp3) is 0.0455. The molecule has 0 saturated carbocycles. The molecule has 1 heterocycles. The summed E-state index contributed by atoms with van der Waals surface area (Å²) in [5, 5.41) is 22.5. The topological polar surface area (TPSA) is 106 Å². The van der Waals surface area contributed by atoms with Crippen molar-refractivity contribution in [2.45, 2.75) is 6.92 Å². The number of nitrogens with one attached hydrogen (secondary N) is 1. The SMILES string of the molecule is Cc1ccc(N=Nc2c(-c3ccccc3)[nH]n(-c3ccccc3)c2=O)cc1[N+](=O)[O-]. The molecule has 0 atom stereocenters. The number of benzene rings is 3. The van der Waals surface area contributed by atoms with Crippen LogP contribution in [-0.2, 0) is 0 Å². The molecule has 4 rings (SSSR count). The maximum Gasteiger partial charge on any atom is 0.299 e. The van der Waals surface area contributed by atoms with E-state index in [1.54, 1.807) is 31.2 Å². The summed E-state index contributed by atoms with van der Waals surface area (Å²) in [6.45, 7) is 1.65. The predicted octanol–water partition coefficient (Wildman–Crippen LogP) is 5.46. The van der Waals surface area contributed by atoms with Crippen molar-refractivity contribution in [1.82, 2.24) is 9.78 Å². The number of para-hydroxylation sites is 1. The Morgan fingerprint density at radius 1 is 0.933 bits per heavy atom. The molecule has 0 amide bonds. The highest BCUT2D eigenvalue weighted by atomic mass is 16.6. The Kier molecular flexibility index (Phi) is 5.04. The Balaban J connectivity index is 1.84. The summed E-state index contributed by atoms with van der Waals surface area (Å²) in [6.07, 6.45) is 0. The van der Waals surface area contributed by atoms with Crippen LogP contribution in [-0.4, -0.2) is 14.7 Å². The second kappa shape index (κ2) is 7.96. The van der Waals surface area contributed by atoms with Crippen LogP contribution in [0, 0.1) is 17.0 Å². The molecule has 0 unspecified atom stereocenters. The van der Waals surface area contributed by atoms with Crippen molar-refractivity contribution in [2.75, 3.05) is 0 Å². The summed E-state index contributed by atoms with van der Waals surface area (Å²) in [6, 6.07) is 23.0. The van der Waals surface area contributed by atoms with Crippen molar-refractivity contribution in [1.29, 1.82) is 0 Å². The molecule has 148 valence electrons. The van der Waals surface area contributed by atoms with Gasteiger partial charge in [-0.05, 0) is 25.1 Å². The van der Waals surface area contributed by atoms with Crippen LogP contribution in [0.3, 0.4) is 0 Å². The number of azo groups is 1. The molecule has 0 radical (unpaired) electrons. The van der Waals surface area contributed by atoms with E-state index in [0.717, 1.165) is 5.56 Å². The van der Waals surface area contributed by atoms with Gasteiger partial charge in [-0.15, -0.1) is 5.11 Å². The van der Waals surface area contributed by atoms with Crippen LogP contribution in [0.4, 0.5) is 17.1 Å². The number of nitro groups is 1. The lowest BCUT2D eigenvalue weighted by Crippen LogP contribution is -2.13. The van der Waals surface area contributed by atoms with Gasteiger partial charge in [-0.3, -0.25) is 20.0 Å². The average Bonchev–Trinajstić information content (AvgIpc) is 3.10. The van der Waals surface area contributed by atoms with Crippen molar-refractivity contribution < 1.29 is 4.92 Å². The van der Waals surface area contributed by atoms with Crippen LogP contribution in [0.15, 0.2) is 93.9 Å². The Hall–Kier alpha value is -4.33. The molecular weight excluding hydrogens is 382 g/mol. The molecule has 0 saturated heterocycles. The quantitative estimate of drug-likeness (QED) is 0.273. The summed E-state index contributed by atoms with van der Waals surface area (Å²) >= 11 is 0. The van der Waals surface area contributed by atoms with E-state index in [0.29, 0.717) is 16.9 Å². The molecule has 8 nitrogen and oxygen atoms in total. The maximum atomic E-state index is 13.1. The molecule has 30 heavy (non-hydrogen) atoms. The van der Waals surface area contributed by atoms with Gasteiger partial charge >= 0.3 is 0 Å². The van der Waals surface area contributed by atoms with Gasteiger partial charge in [0.25, 0.3) is 11.2 Å². The van der Waals surface area contributed by atoms with Gasteiger partial charge in [0.2, 0.25) is 0 Å². The number of H-pyrrole nitrogens is 1. The standard InChI is InChI=1S/C22H17N5O3/c1-15-12-13-17(14-19(15)27(29)30)23-24-21-20(16-8-4-2-5-9-16)25-26(22(21)28)18-10-6-3-7-11-18/h2-14,25H,1H3. The first-order chi connectivity index (χ1) is 14.5. The van der Waals surface area contributed by atoms with E-state index >= 15 is 0 Å². The minimum absolute atomic E-state index is 0.0505. The molecule has 0 bridgehead atoms. The third-order valence-corrected chi connectivity index (χ3v) is 4.60. The van der Waals surface area contributed by atoms with Gasteiger partial charge in [0.05, 0.1) is 22.0 Å². The largest absolute Gasteiger partial charge is 0.299 e. The predicted molar refractivity (Wildman–Crippen MR) is 114 cm³/mol. The number of hydrogen-bond donors (Lipinski definition) is 1. The maximum absolute atomic E-state index is 13.1. The molecule has 8 heteroatoms. The zero-order chi connectivity index (χ0) is 21.1. The summed E-state index contributed by atoms with van der Waals surface area (Å²) in [7, 11) is 0. The van der Waals surface area contributed by atoms with Crippen molar-refractivity contribution >= 4 is 17.1 Å². The van der Waals surface area contributed by atoms with Gasteiger partial charge in [-0.1, -0.05) is 54.6 Å². The van der Waals surface area contributed by atoms with E-state index in [9.17, 15) is 14.9 Å². The lowest BCUT2D eigenvalue weighted by Gasteiger charge is -2.01. The highest BCUT2D eigenvalue weighted by Crippen LogP contribution is 2.29. The average molecular weight is 399 g/mol. The van der Waals surface area contributed by atoms with Crippen molar-refractivity contribution in [2.24, 2.45) is 10.2 Å². The number of aryl methyl sites for hydroxylation is 1. The van der Waals surface area contributed by atoms with Gasteiger partial charge < -0.3 is 0 Å². The fourth-order valence-electron chi connectivity index (χ4n) is 3.05. The van der Waals surface area contributed by atoms with Gasteiger partial charge in [0.15, 0.2) is 5.69 Å². The molecule has 0 aliphatic heterocycles. The Bertz CT molecular complexity index is 1290. The summed E-state index contributed by atoms with van der Waals surface area (Å²) in [4.78, 5) is 23.8. The van der Waals surface area contributed by atoms with E-state index in [-0.39, 0.29) is 22.6 Å². The third-order valence-electron chi connectivity index (χ3n) is 4.60. The van der Waals surface area contributed by atoms with E-state index in [1.807, 2.05) is 48.5 Å². The van der Waals surface area contributed by atoms with E-state index < -0.39 is 4.92 Å². The smallest absolute Gasteiger partial charge is 0.288 e. The molecule has 1 aromatic heterocycles. The number of nitro benzene ring substituents is 1. The molecule has 1 N–H and O–H groups in total. The summed E-state index contributed by atoms with van der Waals surface area (Å²) < 4.78 is 1.40. The zero-order valence-corrected chi connectivity index (χ0v) is 16.0. The molecule has 3 aromatic carbocycles. The first kappa shape index (κ1) is 19.0. The monoisotopic (exact) mass is 399 g/mol. The Morgan fingerprint density at radius 3 is 2.27 bits per heavy atom. The first-order valence-electron chi connectivity index (χ1n) is 9.17. The fourth-order valence-corrected chi connectivity index (χ4v) is 3.05. The third kappa shape index (κ3) is 3.66. The highest BCUT2D eigenvalue weighted by molar-refractivity contribution is 5.72.